The van der Waals surface area contributed by atoms with Crippen molar-refractivity contribution >= 4 is 0 Å². The summed E-state index contributed by atoms with van der Waals surface area (Å²) in [5, 5.41) is 40.4. The SMILES string of the molecule is Cc1cc(C(CCCC(c2ccc(O)c(C)c2)c2ccc(O)c(C)c2)c2ccc(O)c(C)c2)ccc1O. The first-order valence-electron chi connectivity index (χ1n) is 12.8. The molecule has 0 radical (unpaired) electrons. The van der Waals surface area contributed by atoms with E-state index in [-0.39, 0.29) is 34.8 Å². The third-order valence-corrected chi connectivity index (χ3v) is 7.48. The molecule has 192 valence electrons. The first kappa shape index (κ1) is 26.2. The molecule has 0 saturated heterocycles. The van der Waals surface area contributed by atoms with Gasteiger partial charge in [-0.05, 0) is 109 Å². The Morgan fingerprint density at radius 1 is 0.432 bits per heavy atom. The van der Waals surface area contributed by atoms with Gasteiger partial charge in [0.05, 0.1) is 0 Å². The van der Waals surface area contributed by atoms with Crippen LogP contribution in [-0.2, 0) is 0 Å². The van der Waals surface area contributed by atoms with Gasteiger partial charge in [-0.2, -0.15) is 0 Å². The third kappa shape index (κ3) is 5.91. The number of phenols is 4. The van der Waals surface area contributed by atoms with Gasteiger partial charge in [0.25, 0.3) is 0 Å². The zero-order valence-corrected chi connectivity index (χ0v) is 22.0. The van der Waals surface area contributed by atoms with Crippen LogP contribution >= 0.6 is 0 Å². The second-order valence-corrected chi connectivity index (χ2v) is 10.2. The van der Waals surface area contributed by atoms with Crippen molar-refractivity contribution in [2.75, 3.05) is 0 Å². The highest BCUT2D eigenvalue weighted by molar-refractivity contribution is 5.45. The van der Waals surface area contributed by atoms with E-state index in [2.05, 4.69) is 0 Å². The van der Waals surface area contributed by atoms with Gasteiger partial charge in [-0.1, -0.05) is 55.0 Å². The quantitative estimate of drug-likeness (QED) is 0.200. The van der Waals surface area contributed by atoms with Crippen molar-refractivity contribution in [2.45, 2.75) is 58.8 Å². The number of rotatable bonds is 8. The van der Waals surface area contributed by atoms with E-state index in [4.69, 9.17) is 0 Å². The summed E-state index contributed by atoms with van der Waals surface area (Å²) in [6.45, 7) is 7.64. The highest BCUT2D eigenvalue weighted by atomic mass is 16.3. The molecule has 4 nitrogen and oxygen atoms in total. The van der Waals surface area contributed by atoms with Crippen LogP contribution in [0.1, 0.15) is 75.6 Å². The summed E-state index contributed by atoms with van der Waals surface area (Å²) in [7, 11) is 0. The topological polar surface area (TPSA) is 80.9 Å². The van der Waals surface area contributed by atoms with Gasteiger partial charge in [-0.15, -0.1) is 0 Å². The Morgan fingerprint density at radius 2 is 0.676 bits per heavy atom. The summed E-state index contributed by atoms with van der Waals surface area (Å²) in [5.41, 5.74) is 7.92. The molecule has 4 aromatic rings. The number of hydrogen-bond acceptors (Lipinski definition) is 4. The van der Waals surface area contributed by atoms with Crippen molar-refractivity contribution in [1.29, 1.82) is 0 Å². The average molecular weight is 497 g/mol. The molecule has 0 aliphatic heterocycles. The minimum Gasteiger partial charge on any atom is -0.508 e. The van der Waals surface area contributed by atoms with Crippen LogP contribution in [0.5, 0.6) is 23.0 Å². The fourth-order valence-corrected chi connectivity index (χ4v) is 5.16. The number of benzene rings is 4. The van der Waals surface area contributed by atoms with Gasteiger partial charge in [0.2, 0.25) is 0 Å². The van der Waals surface area contributed by atoms with Crippen LogP contribution in [0, 0.1) is 27.7 Å². The molecular weight excluding hydrogens is 460 g/mol. The molecule has 0 bridgehead atoms. The van der Waals surface area contributed by atoms with E-state index in [1.807, 2.05) is 76.2 Å². The molecular formula is C33H36O4. The molecule has 37 heavy (non-hydrogen) atoms. The molecule has 0 heterocycles. The van der Waals surface area contributed by atoms with E-state index in [0.717, 1.165) is 63.8 Å². The van der Waals surface area contributed by atoms with Gasteiger partial charge in [-0.25, -0.2) is 0 Å². The summed E-state index contributed by atoms with van der Waals surface area (Å²) < 4.78 is 0. The minimum absolute atomic E-state index is 0.113. The number of phenolic OH excluding ortho intramolecular Hbond substituents is 4. The normalized spacial score (nSPS) is 11.4. The van der Waals surface area contributed by atoms with Crippen LogP contribution in [0.15, 0.2) is 72.8 Å². The molecule has 4 aromatic carbocycles. The van der Waals surface area contributed by atoms with Crippen LogP contribution < -0.4 is 0 Å². The second kappa shape index (κ2) is 11.0. The van der Waals surface area contributed by atoms with Crippen molar-refractivity contribution in [3.63, 3.8) is 0 Å². The predicted octanol–water partition coefficient (Wildman–Crippen LogP) is 7.88. The van der Waals surface area contributed by atoms with Crippen LogP contribution in [-0.4, -0.2) is 20.4 Å². The Bertz CT molecular complexity index is 1200. The fourth-order valence-electron chi connectivity index (χ4n) is 5.16. The Hall–Kier alpha value is -3.92. The lowest BCUT2D eigenvalue weighted by molar-refractivity contribution is 0.470. The van der Waals surface area contributed by atoms with E-state index in [0.29, 0.717) is 0 Å². The highest BCUT2D eigenvalue weighted by Crippen LogP contribution is 2.38. The summed E-state index contributed by atoms with van der Waals surface area (Å²) in [4.78, 5) is 0. The number of aromatic hydroxyl groups is 4. The maximum Gasteiger partial charge on any atom is 0.118 e. The van der Waals surface area contributed by atoms with Crippen molar-refractivity contribution in [3.8, 4) is 23.0 Å². The lowest BCUT2D eigenvalue weighted by Crippen LogP contribution is -2.06. The lowest BCUT2D eigenvalue weighted by Gasteiger charge is -2.23. The summed E-state index contributed by atoms with van der Waals surface area (Å²) >= 11 is 0. The number of aryl methyl sites for hydroxylation is 4. The molecule has 0 amide bonds. The van der Waals surface area contributed by atoms with Gasteiger partial charge in [0, 0.05) is 11.8 Å². The van der Waals surface area contributed by atoms with E-state index < -0.39 is 0 Å². The van der Waals surface area contributed by atoms with Crippen LogP contribution in [0.4, 0.5) is 0 Å². The zero-order chi connectivity index (χ0) is 26.7. The molecule has 0 unspecified atom stereocenters. The Balaban J connectivity index is 1.65. The van der Waals surface area contributed by atoms with Gasteiger partial charge in [-0.3, -0.25) is 0 Å². The largest absolute Gasteiger partial charge is 0.508 e. The lowest BCUT2D eigenvalue weighted by atomic mass is 9.81. The van der Waals surface area contributed by atoms with E-state index in [1.165, 1.54) is 0 Å². The summed E-state index contributed by atoms with van der Waals surface area (Å²) in [6, 6.07) is 23.2. The summed E-state index contributed by atoms with van der Waals surface area (Å²) in [6.07, 6.45) is 2.70. The second-order valence-electron chi connectivity index (χ2n) is 10.2. The molecule has 0 saturated carbocycles. The van der Waals surface area contributed by atoms with Gasteiger partial charge in [0.15, 0.2) is 0 Å². The van der Waals surface area contributed by atoms with Crippen molar-refractivity contribution in [3.05, 3.63) is 117 Å². The van der Waals surface area contributed by atoms with E-state index in [9.17, 15) is 20.4 Å². The fraction of sp³-hybridized carbons (Fsp3) is 0.273. The molecule has 0 atom stereocenters. The van der Waals surface area contributed by atoms with Crippen molar-refractivity contribution < 1.29 is 20.4 Å². The van der Waals surface area contributed by atoms with Crippen molar-refractivity contribution in [2.24, 2.45) is 0 Å². The molecule has 4 rings (SSSR count). The summed E-state index contributed by atoms with van der Waals surface area (Å²) in [5.74, 6) is 1.37. The minimum atomic E-state index is 0.113. The third-order valence-electron chi connectivity index (χ3n) is 7.48. The molecule has 0 aliphatic carbocycles. The molecule has 0 fully saturated rings. The Kier molecular flexibility index (Phi) is 7.77. The Labute approximate surface area is 219 Å². The molecule has 4 N–H and O–H groups in total. The van der Waals surface area contributed by atoms with Gasteiger partial charge >= 0.3 is 0 Å². The molecule has 4 heteroatoms. The first-order valence-corrected chi connectivity index (χ1v) is 12.8. The van der Waals surface area contributed by atoms with E-state index >= 15 is 0 Å². The zero-order valence-electron chi connectivity index (χ0n) is 22.0. The monoisotopic (exact) mass is 496 g/mol. The van der Waals surface area contributed by atoms with Gasteiger partial charge < -0.3 is 20.4 Å². The van der Waals surface area contributed by atoms with Crippen LogP contribution in [0.25, 0.3) is 0 Å². The standard InChI is InChI=1S/C33H36O4/c1-20-16-24(8-12-30(20)34)28(25-9-13-31(35)21(2)17-25)6-5-7-29(26-10-14-32(36)22(3)18-26)27-11-15-33(37)23(4)19-27/h8-19,28-29,34-37H,5-7H2,1-4H3. The highest BCUT2D eigenvalue weighted by Gasteiger charge is 2.20. The Morgan fingerprint density at radius 3 is 0.892 bits per heavy atom. The smallest absolute Gasteiger partial charge is 0.118 e. The van der Waals surface area contributed by atoms with Crippen molar-refractivity contribution in [1.82, 2.24) is 0 Å². The van der Waals surface area contributed by atoms with Crippen LogP contribution in [0.3, 0.4) is 0 Å². The van der Waals surface area contributed by atoms with Gasteiger partial charge in [0.1, 0.15) is 23.0 Å². The molecule has 0 spiro atoms. The molecule has 0 aliphatic rings. The average Bonchev–Trinajstić information content (AvgIpc) is 2.87. The maximum absolute atomic E-state index is 10.1. The first-order chi connectivity index (χ1) is 17.6. The van der Waals surface area contributed by atoms with E-state index in [1.54, 1.807) is 24.3 Å². The number of hydrogen-bond donors (Lipinski definition) is 4. The maximum atomic E-state index is 10.1. The van der Waals surface area contributed by atoms with Crippen LogP contribution in [0.2, 0.25) is 0 Å². The predicted molar refractivity (Wildman–Crippen MR) is 149 cm³/mol. The molecule has 0 aromatic heterocycles.